The molecule has 0 amide bonds. The lowest BCUT2D eigenvalue weighted by atomic mass is 9.74. The first-order valence-corrected chi connectivity index (χ1v) is 7.78. The Balaban J connectivity index is 0.000000191. The van der Waals surface area contributed by atoms with Crippen molar-refractivity contribution in [2.24, 2.45) is 11.1 Å². The fourth-order valence-electron chi connectivity index (χ4n) is 3.10. The van der Waals surface area contributed by atoms with Crippen LogP contribution in [0.3, 0.4) is 0 Å². The molecule has 112 valence electrons. The average Bonchev–Trinajstić information content (AvgIpc) is 2.41. The molecular formula is C16H32N2O. The average molecular weight is 268 g/mol. The van der Waals surface area contributed by atoms with Gasteiger partial charge in [-0.15, -0.1) is 0 Å². The van der Waals surface area contributed by atoms with Crippen LogP contribution in [0, 0.1) is 5.41 Å². The van der Waals surface area contributed by atoms with Gasteiger partial charge < -0.3 is 10.9 Å². The highest BCUT2D eigenvalue weighted by Crippen LogP contribution is 2.38. The first-order valence-electron chi connectivity index (χ1n) is 7.78. The van der Waals surface area contributed by atoms with Gasteiger partial charge in [0.25, 0.3) is 0 Å². The van der Waals surface area contributed by atoms with E-state index in [1.54, 1.807) is 0 Å². The van der Waals surface area contributed by atoms with Gasteiger partial charge in [-0.1, -0.05) is 52.0 Å². The van der Waals surface area contributed by atoms with Crippen molar-refractivity contribution in [3.05, 3.63) is 12.3 Å². The molecule has 4 N–H and O–H groups in total. The molecule has 0 bridgehead atoms. The molecule has 0 aromatic carbocycles. The van der Waals surface area contributed by atoms with Gasteiger partial charge in [-0.05, 0) is 32.6 Å². The van der Waals surface area contributed by atoms with Crippen LogP contribution >= 0.6 is 0 Å². The zero-order valence-electron chi connectivity index (χ0n) is 12.8. The van der Waals surface area contributed by atoms with Gasteiger partial charge in [-0.2, -0.15) is 5.48 Å². The van der Waals surface area contributed by atoms with E-state index in [1.165, 1.54) is 51.4 Å². The molecule has 0 aromatic rings. The molecule has 0 heterocycles. The zero-order chi connectivity index (χ0) is 14.4. The fraction of sp³-hybridized carbons (Fsp3) is 0.875. The Morgan fingerprint density at radius 2 is 1.37 bits per heavy atom. The number of hydroxylamine groups is 1. The lowest BCUT2D eigenvalue weighted by Gasteiger charge is -2.33. The van der Waals surface area contributed by atoms with Crippen molar-refractivity contribution in [3.8, 4) is 0 Å². The van der Waals surface area contributed by atoms with Crippen LogP contribution < -0.4 is 11.2 Å². The minimum Gasteiger partial charge on any atom is -0.402 e. The van der Waals surface area contributed by atoms with Gasteiger partial charge in [0.15, 0.2) is 0 Å². The van der Waals surface area contributed by atoms with E-state index in [0.717, 1.165) is 18.5 Å². The third-order valence-electron chi connectivity index (χ3n) is 4.96. The highest BCUT2D eigenvalue weighted by molar-refractivity contribution is 5.04. The Hall–Kier alpha value is -0.540. The Labute approximate surface area is 118 Å². The highest BCUT2D eigenvalue weighted by atomic mass is 16.5. The Morgan fingerprint density at radius 1 is 0.947 bits per heavy atom. The Kier molecular flexibility index (Phi) is 6.34. The first-order chi connectivity index (χ1) is 8.92. The fourth-order valence-corrected chi connectivity index (χ4v) is 3.10. The normalized spacial score (nSPS) is 25.0. The number of hydrogen-bond donors (Lipinski definition) is 3. The van der Waals surface area contributed by atoms with E-state index in [1.807, 2.05) is 0 Å². The molecule has 0 unspecified atom stereocenters. The second-order valence-electron chi connectivity index (χ2n) is 6.88. The van der Waals surface area contributed by atoms with Crippen LogP contribution in [-0.2, 0) is 0 Å². The third-order valence-corrected chi connectivity index (χ3v) is 4.96. The van der Waals surface area contributed by atoms with E-state index in [2.05, 4.69) is 25.9 Å². The number of nitrogens with one attached hydrogen (secondary N) is 1. The molecule has 0 spiro atoms. The SMILES string of the molecule is C=C(N)C1(C)CCCCC1.CC1(NO)CCCCC1. The van der Waals surface area contributed by atoms with Crippen LogP contribution in [0.5, 0.6) is 0 Å². The number of allylic oxidation sites excluding steroid dienone is 1. The summed E-state index contributed by atoms with van der Waals surface area (Å²) < 4.78 is 0. The quantitative estimate of drug-likeness (QED) is 0.660. The molecule has 0 aromatic heterocycles. The van der Waals surface area contributed by atoms with Crippen molar-refractivity contribution < 1.29 is 5.21 Å². The molecule has 0 radical (unpaired) electrons. The summed E-state index contributed by atoms with van der Waals surface area (Å²) in [6.45, 7) is 8.13. The lowest BCUT2D eigenvalue weighted by Crippen LogP contribution is -2.41. The Morgan fingerprint density at radius 3 is 1.63 bits per heavy atom. The summed E-state index contributed by atoms with van der Waals surface area (Å²) in [5, 5.41) is 8.70. The molecule has 19 heavy (non-hydrogen) atoms. The molecule has 2 aliphatic rings. The molecule has 3 heteroatoms. The van der Waals surface area contributed by atoms with Crippen molar-refractivity contribution in [2.45, 2.75) is 83.6 Å². The van der Waals surface area contributed by atoms with Crippen molar-refractivity contribution >= 4 is 0 Å². The molecule has 0 aliphatic heterocycles. The molecule has 0 saturated heterocycles. The second kappa shape index (κ2) is 7.30. The highest BCUT2D eigenvalue weighted by Gasteiger charge is 2.27. The molecule has 2 saturated carbocycles. The van der Waals surface area contributed by atoms with Crippen LogP contribution in [0.4, 0.5) is 0 Å². The minimum absolute atomic E-state index is 0.0260. The number of nitrogens with two attached hydrogens (primary N) is 1. The van der Waals surface area contributed by atoms with E-state index in [-0.39, 0.29) is 11.0 Å². The van der Waals surface area contributed by atoms with Gasteiger partial charge in [0.1, 0.15) is 0 Å². The van der Waals surface area contributed by atoms with Gasteiger partial charge in [0, 0.05) is 16.7 Å². The van der Waals surface area contributed by atoms with E-state index in [4.69, 9.17) is 10.9 Å². The van der Waals surface area contributed by atoms with Crippen LogP contribution in [0.15, 0.2) is 12.3 Å². The van der Waals surface area contributed by atoms with Crippen LogP contribution in [0.25, 0.3) is 0 Å². The van der Waals surface area contributed by atoms with E-state index in [0.29, 0.717) is 0 Å². The van der Waals surface area contributed by atoms with Crippen LogP contribution in [-0.4, -0.2) is 10.7 Å². The monoisotopic (exact) mass is 268 g/mol. The maximum absolute atomic E-state index is 8.70. The predicted molar refractivity (Wildman–Crippen MR) is 80.9 cm³/mol. The smallest absolute Gasteiger partial charge is 0.0402 e. The van der Waals surface area contributed by atoms with Crippen LogP contribution in [0.2, 0.25) is 0 Å². The molecule has 2 aliphatic carbocycles. The van der Waals surface area contributed by atoms with E-state index in [9.17, 15) is 0 Å². The lowest BCUT2D eigenvalue weighted by molar-refractivity contribution is 0.0480. The van der Waals surface area contributed by atoms with E-state index >= 15 is 0 Å². The van der Waals surface area contributed by atoms with Crippen molar-refractivity contribution in [2.75, 3.05) is 0 Å². The summed E-state index contributed by atoms with van der Waals surface area (Å²) in [7, 11) is 0. The maximum atomic E-state index is 8.70. The van der Waals surface area contributed by atoms with Crippen LogP contribution in [0.1, 0.15) is 78.1 Å². The van der Waals surface area contributed by atoms with Crippen molar-refractivity contribution in [3.63, 3.8) is 0 Å². The summed E-state index contributed by atoms with van der Waals surface area (Å²) in [4.78, 5) is 0. The molecule has 0 atom stereocenters. The molecule has 2 fully saturated rings. The van der Waals surface area contributed by atoms with Gasteiger partial charge in [-0.25, -0.2) is 0 Å². The Bertz CT molecular complexity index is 276. The number of hydrogen-bond acceptors (Lipinski definition) is 3. The first kappa shape index (κ1) is 16.5. The number of rotatable bonds is 2. The largest absolute Gasteiger partial charge is 0.402 e. The topological polar surface area (TPSA) is 58.3 Å². The minimum atomic E-state index is 0.0260. The summed E-state index contributed by atoms with van der Waals surface area (Å²) in [5.41, 5.74) is 9.26. The van der Waals surface area contributed by atoms with Gasteiger partial charge in [0.05, 0.1) is 0 Å². The summed E-state index contributed by atoms with van der Waals surface area (Å²) >= 11 is 0. The standard InChI is InChI=1S/C9H17N.C7H15NO/c1-8(10)9(2)6-4-3-5-7-9;1-7(8-9)5-3-2-4-6-7/h1,3-7,10H2,2H3;8-9H,2-6H2,1H3. The third kappa shape index (κ3) is 5.15. The summed E-state index contributed by atoms with van der Waals surface area (Å²) in [5.74, 6) is 0. The van der Waals surface area contributed by atoms with Gasteiger partial charge in [0.2, 0.25) is 0 Å². The van der Waals surface area contributed by atoms with Gasteiger partial charge >= 0.3 is 0 Å². The predicted octanol–water partition coefficient (Wildman–Crippen LogP) is 4.12. The summed E-state index contributed by atoms with van der Waals surface area (Å²) in [6.07, 6.45) is 12.6. The van der Waals surface area contributed by atoms with E-state index < -0.39 is 0 Å². The van der Waals surface area contributed by atoms with Gasteiger partial charge in [-0.3, -0.25) is 0 Å². The summed E-state index contributed by atoms with van der Waals surface area (Å²) in [6, 6.07) is 0. The maximum Gasteiger partial charge on any atom is 0.0402 e. The molecule has 2 rings (SSSR count). The second-order valence-corrected chi connectivity index (χ2v) is 6.88. The van der Waals surface area contributed by atoms with Crippen molar-refractivity contribution in [1.29, 1.82) is 0 Å². The molecule has 3 nitrogen and oxygen atoms in total. The zero-order valence-corrected chi connectivity index (χ0v) is 12.8. The molecular weight excluding hydrogens is 236 g/mol. The van der Waals surface area contributed by atoms with Crippen molar-refractivity contribution in [1.82, 2.24) is 5.48 Å².